The fourth-order valence-electron chi connectivity index (χ4n) is 2.20. The predicted molar refractivity (Wildman–Crippen MR) is 86.4 cm³/mol. The van der Waals surface area contributed by atoms with Gasteiger partial charge in [0.25, 0.3) is 0 Å². The monoisotopic (exact) mass is 325 g/mol. The van der Waals surface area contributed by atoms with Crippen molar-refractivity contribution < 1.29 is 4.74 Å². The molecule has 0 atom stereocenters. The molecule has 0 amide bonds. The third-order valence-corrected chi connectivity index (χ3v) is 4.16. The Balaban J connectivity index is 1.76. The number of nitrogens with zero attached hydrogens (tertiary/aromatic N) is 6. The number of aromatic nitrogens is 6. The minimum atomic E-state index is 0.692. The zero-order chi connectivity index (χ0) is 15.6. The average Bonchev–Trinajstić information content (AvgIpc) is 3.26. The lowest BCUT2D eigenvalue weighted by molar-refractivity contribution is 0.414. The molecule has 8 nitrogen and oxygen atoms in total. The summed E-state index contributed by atoms with van der Waals surface area (Å²) < 4.78 is 7.91. The standard InChI is InChI=1S/C14H11N7OS/c1-22-11-5-9(4-10(6-11)21-8-17-19-20-21)18-14-13-12(2-3-23-13)15-7-16-14/h2-8H,1H3,(H,15,16,18). The number of methoxy groups -OCH3 is 1. The van der Waals surface area contributed by atoms with Crippen LogP contribution in [-0.4, -0.2) is 37.3 Å². The van der Waals surface area contributed by atoms with Gasteiger partial charge in [-0.25, -0.2) is 14.6 Å². The van der Waals surface area contributed by atoms with Gasteiger partial charge in [-0.15, -0.1) is 16.4 Å². The second kappa shape index (κ2) is 5.61. The highest BCUT2D eigenvalue weighted by Crippen LogP contribution is 2.30. The molecule has 4 aromatic rings. The van der Waals surface area contributed by atoms with Crippen molar-refractivity contribution in [3.05, 3.63) is 42.3 Å². The molecule has 0 saturated heterocycles. The van der Waals surface area contributed by atoms with E-state index in [0.717, 1.165) is 27.4 Å². The Labute approximate surface area is 134 Å². The lowest BCUT2D eigenvalue weighted by atomic mass is 10.2. The summed E-state index contributed by atoms with van der Waals surface area (Å²) in [7, 11) is 1.62. The van der Waals surface area contributed by atoms with E-state index in [1.54, 1.807) is 29.5 Å². The van der Waals surface area contributed by atoms with E-state index >= 15 is 0 Å². The molecule has 0 unspecified atom stereocenters. The van der Waals surface area contributed by atoms with Gasteiger partial charge in [-0.05, 0) is 27.9 Å². The first-order valence-corrected chi connectivity index (χ1v) is 7.59. The average molecular weight is 325 g/mol. The molecule has 0 saturated carbocycles. The highest BCUT2D eigenvalue weighted by atomic mass is 32.1. The van der Waals surface area contributed by atoms with E-state index in [0.29, 0.717) is 5.75 Å². The quantitative estimate of drug-likeness (QED) is 0.616. The van der Waals surface area contributed by atoms with Crippen LogP contribution < -0.4 is 10.1 Å². The van der Waals surface area contributed by atoms with Crippen molar-refractivity contribution in [1.82, 2.24) is 30.2 Å². The van der Waals surface area contributed by atoms with E-state index in [4.69, 9.17) is 4.74 Å². The molecule has 9 heteroatoms. The highest BCUT2D eigenvalue weighted by Gasteiger charge is 2.08. The number of tetrazole rings is 1. The van der Waals surface area contributed by atoms with Crippen molar-refractivity contribution in [1.29, 1.82) is 0 Å². The third-order valence-electron chi connectivity index (χ3n) is 3.25. The number of ether oxygens (including phenoxy) is 1. The highest BCUT2D eigenvalue weighted by molar-refractivity contribution is 7.17. The minimum Gasteiger partial charge on any atom is -0.497 e. The number of fused-ring (bicyclic) bond motifs is 1. The number of rotatable bonds is 4. The van der Waals surface area contributed by atoms with Crippen LogP contribution in [0.3, 0.4) is 0 Å². The van der Waals surface area contributed by atoms with Crippen LogP contribution in [0.5, 0.6) is 5.75 Å². The molecule has 4 rings (SSSR count). The summed E-state index contributed by atoms with van der Waals surface area (Å²) in [6.07, 6.45) is 3.07. The molecule has 0 aliphatic rings. The van der Waals surface area contributed by atoms with Crippen molar-refractivity contribution in [2.75, 3.05) is 12.4 Å². The molecule has 0 aliphatic heterocycles. The first-order valence-electron chi connectivity index (χ1n) is 6.71. The number of hydrogen-bond acceptors (Lipinski definition) is 8. The molecule has 3 aromatic heterocycles. The zero-order valence-electron chi connectivity index (χ0n) is 12.0. The Morgan fingerprint density at radius 3 is 3.00 bits per heavy atom. The molecule has 0 aliphatic carbocycles. The number of anilines is 2. The van der Waals surface area contributed by atoms with Crippen LogP contribution in [0.15, 0.2) is 42.3 Å². The number of hydrogen-bond donors (Lipinski definition) is 1. The van der Waals surface area contributed by atoms with Gasteiger partial charge >= 0.3 is 0 Å². The SMILES string of the molecule is COc1cc(Nc2ncnc3ccsc23)cc(-n2cnnn2)c1. The van der Waals surface area contributed by atoms with Gasteiger partial charge in [-0.1, -0.05) is 0 Å². The van der Waals surface area contributed by atoms with Gasteiger partial charge in [-0.2, -0.15) is 0 Å². The molecular weight excluding hydrogens is 314 g/mol. The summed E-state index contributed by atoms with van der Waals surface area (Å²) in [5.74, 6) is 1.44. The van der Waals surface area contributed by atoms with Crippen LogP contribution in [-0.2, 0) is 0 Å². The Morgan fingerprint density at radius 2 is 2.17 bits per heavy atom. The number of thiophene rings is 1. The lowest BCUT2D eigenvalue weighted by Crippen LogP contribution is -2.00. The minimum absolute atomic E-state index is 0.692. The van der Waals surface area contributed by atoms with E-state index in [2.05, 4.69) is 30.8 Å². The number of benzene rings is 1. The van der Waals surface area contributed by atoms with Crippen molar-refractivity contribution in [3.63, 3.8) is 0 Å². The van der Waals surface area contributed by atoms with Gasteiger partial charge in [-0.3, -0.25) is 0 Å². The Kier molecular flexibility index (Phi) is 3.31. The molecule has 0 bridgehead atoms. The van der Waals surface area contributed by atoms with Crippen LogP contribution in [0.1, 0.15) is 0 Å². The first kappa shape index (κ1) is 13.6. The lowest BCUT2D eigenvalue weighted by Gasteiger charge is -2.10. The molecular formula is C14H11N7OS. The zero-order valence-corrected chi connectivity index (χ0v) is 12.9. The predicted octanol–water partition coefficient (Wildman–Crippen LogP) is 2.42. The van der Waals surface area contributed by atoms with Crippen LogP contribution in [0.4, 0.5) is 11.5 Å². The van der Waals surface area contributed by atoms with Crippen LogP contribution in [0.25, 0.3) is 15.9 Å². The van der Waals surface area contributed by atoms with Gasteiger partial charge < -0.3 is 10.1 Å². The summed E-state index contributed by atoms with van der Waals surface area (Å²) >= 11 is 1.59. The molecule has 1 aromatic carbocycles. The summed E-state index contributed by atoms with van der Waals surface area (Å²) in [4.78, 5) is 8.56. The van der Waals surface area contributed by atoms with E-state index in [9.17, 15) is 0 Å². The maximum atomic E-state index is 5.35. The molecule has 0 radical (unpaired) electrons. The van der Waals surface area contributed by atoms with E-state index in [-0.39, 0.29) is 0 Å². The van der Waals surface area contributed by atoms with Gasteiger partial charge in [0.05, 0.1) is 23.0 Å². The first-order chi connectivity index (χ1) is 11.3. The summed E-state index contributed by atoms with van der Waals surface area (Å²) in [6.45, 7) is 0. The molecule has 0 spiro atoms. The Hall–Kier alpha value is -3.07. The Morgan fingerprint density at radius 1 is 1.22 bits per heavy atom. The molecule has 3 heterocycles. The Bertz CT molecular complexity index is 951. The molecule has 0 fully saturated rings. The van der Waals surface area contributed by atoms with Crippen LogP contribution >= 0.6 is 11.3 Å². The number of nitrogens with one attached hydrogen (secondary N) is 1. The topological polar surface area (TPSA) is 90.6 Å². The molecule has 114 valence electrons. The summed E-state index contributed by atoms with van der Waals surface area (Å²) in [6, 6.07) is 7.61. The molecule has 1 N–H and O–H groups in total. The summed E-state index contributed by atoms with van der Waals surface area (Å²) in [5.41, 5.74) is 2.52. The fourth-order valence-corrected chi connectivity index (χ4v) is 2.99. The van der Waals surface area contributed by atoms with Crippen molar-refractivity contribution >= 4 is 33.1 Å². The largest absolute Gasteiger partial charge is 0.497 e. The van der Waals surface area contributed by atoms with E-state index in [1.165, 1.54) is 6.33 Å². The maximum Gasteiger partial charge on any atom is 0.151 e. The van der Waals surface area contributed by atoms with Crippen LogP contribution in [0.2, 0.25) is 0 Å². The second-order valence-electron chi connectivity index (χ2n) is 4.66. The normalized spacial score (nSPS) is 10.8. The third kappa shape index (κ3) is 2.57. The van der Waals surface area contributed by atoms with Gasteiger partial charge in [0.1, 0.15) is 18.4 Å². The van der Waals surface area contributed by atoms with Gasteiger partial charge in [0.2, 0.25) is 0 Å². The van der Waals surface area contributed by atoms with Gasteiger partial charge in [0, 0.05) is 17.8 Å². The smallest absolute Gasteiger partial charge is 0.151 e. The van der Waals surface area contributed by atoms with E-state index in [1.807, 2.05) is 29.6 Å². The second-order valence-corrected chi connectivity index (χ2v) is 5.57. The summed E-state index contributed by atoms with van der Waals surface area (Å²) in [5, 5.41) is 16.5. The van der Waals surface area contributed by atoms with Crippen molar-refractivity contribution in [2.45, 2.75) is 0 Å². The fraction of sp³-hybridized carbons (Fsp3) is 0.0714. The van der Waals surface area contributed by atoms with Crippen molar-refractivity contribution in [3.8, 4) is 11.4 Å². The van der Waals surface area contributed by atoms with E-state index < -0.39 is 0 Å². The van der Waals surface area contributed by atoms with Crippen molar-refractivity contribution in [2.24, 2.45) is 0 Å². The maximum absolute atomic E-state index is 5.35. The molecule has 23 heavy (non-hydrogen) atoms. The van der Waals surface area contributed by atoms with Crippen LogP contribution in [0, 0.1) is 0 Å². The van der Waals surface area contributed by atoms with Gasteiger partial charge in [0.15, 0.2) is 5.82 Å².